The first-order valence-corrected chi connectivity index (χ1v) is 39.5. The van der Waals surface area contributed by atoms with Gasteiger partial charge in [0.2, 0.25) is 0 Å². The van der Waals surface area contributed by atoms with Crippen LogP contribution in [-0.4, -0.2) is 5.92 Å². The summed E-state index contributed by atoms with van der Waals surface area (Å²) in [7, 11) is 18.4. The molecular weight excluding hydrogens is 887 g/mol. The second-order valence-corrected chi connectivity index (χ2v) is 62.6. The average molecular weight is 952 g/mol. The Labute approximate surface area is 382 Å². The monoisotopic (exact) mass is 949 g/mol. The zero-order valence-electron chi connectivity index (χ0n) is 38.6. The molecule has 0 saturated carbocycles. The van der Waals surface area contributed by atoms with Crippen LogP contribution in [-0.2, 0) is 15.6 Å². The Morgan fingerprint density at radius 1 is 0.452 bits per heavy atom. The topological polar surface area (TPSA) is 0 Å². The van der Waals surface area contributed by atoms with Gasteiger partial charge in [0, 0.05) is 0 Å². The predicted octanol–water partition coefficient (Wildman–Crippen LogP) is 18.3. The van der Waals surface area contributed by atoms with E-state index in [0.29, 0.717) is 23.7 Å². The van der Waals surface area contributed by atoms with Gasteiger partial charge in [-0.15, -0.1) is 0 Å². The molecule has 2 aliphatic carbocycles. The summed E-state index contributed by atoms with van der Waals surface area (Å²) in [5.74, 6) is -0.186. The van der Waals surface area contributed by atoms with E-state index in [2.05, 4.69) is 214 Å². The Kier molecular flexibility index (Phi) is 12.9. The molecule has 2 unspecified atom stereocenters. The number of halogens is 2. The molecular formula is C58H65Cl2SiZr. The Hall–Kier alpha value is -3.52. The minimum absolute atomic E-state index is 0.00494. The molecule has 8 rings (SSSR count). The molecule has 2 atom stereocenters. The van der Waals surface area contributed by atoms with Crippen LogP contribution in [0.25, 0.3) is 56.7 Å². The van der Waals surface area contributed by atoms with Crippen LogP contribution in [0.3, 0.4) is 0 Å². The molecule has 0 saturated heterocycles. The molecule has 62 heavy (non-hydrogen) atoms. The molecule has 319 valence electrons. The fourth-order valence-corrected chi connectivity index (χ4v) is 42.6. The summed E-state index contributed by atoms with van der Waals surface area (Å²) in [6, 6.07) is 49.9. The zero-order chi connectivity index (χ0) is 44.1. The first-order chi connectivity index (χ1) is 29.6. The maximum absolute atomic E-state index is 9.18. The van der Waals surface area contributed by atoms with E-state index in [4.69, 9.17) is 0 Å². The fourth-order valence-electron chi connectivity index (χ4n) is 11.2. The van der Waals surface area contributed by atoms with Crippen molar-refractivity contribution in [3.05, 3.63) is 178 Å². The van der Waals surface area contributed by atoms with E-state index in [-0.39, 0.29) is 7.25 Å². The third-order valence-electron chi connectivity index (χ3n) is 13.9. The van der Waals surface area contributed by atoms with E-state index in [1.54, 1.807) is 0 Å². The normalized spacial score (nSPS) is 16.8. The van der Waals surface area contributed by atoms with E-state index in [0.717, 1.165) is 12.8 Å². The third-order valence-corrected chi connectivity index (χ3v) is 65.8. The molecule has 0 heterocycles. The van der Waals surface area contributed by atoms with Crippen molar-refractivity contribution < 1.29 is 15.6 Å². The van der Waals surface area contributed by atoms with Crippen LogP contribution in [0.15, 0.2) is 145 Å². The van der Waals surface area contributed by atoms with Gasteiger partial charge in [-0.1, -0.05) is 0 Å². The molecule has 6 aromatic carbocycles. The van der Waals surface area contributed by atoms with E-state index < -0.39 is 21.5 Å². The Balaban J connectivity index is 1.45. The summed E-state index contributed by atoms with van der Waals surface area (Å²) in [6.45, 7) is 23.7. The fraction of sp³-hybridized carbons (Fsp3) is 0.310. The summed E-state index contributed by atoms with van der Waals surface area (Å²) in [5.41, 5.74) is 21.3. The summed E-state index contributed by atoms with van der Waals surface area (Å²) >= 11 is -5.19. The van der Waals surface area contributed by atoms with Crippen molar-refractivity contribution in [2.24, 2.45) is 11.8 Å². The van der Waals surface area contributed by atoms with E-state index in [1.165, 1.54) is 89.0 Å². The van der Waals surface area contributed by atoms with Gasteiger partial charge in [0.1, 0.15) is 0 Å². The van der Waals surface area contributed by atoms with Gasteiger partial charge in [-0.2, -0.15) is 0 Å². The van der Waals surface area contributed by atoms with E-state index in [9.17, 15) is 17.0 Å². The van der Waals surface area contributed by atoms with Crippen LogP contribution < -0.4 is 0 Å². The molecule has 0 aromatic heterocycles. The van der Waals surface area contributed by atoms with Gasteiger partial charge in [-0.25, -0.2) is 0 Å². The van der Waals surface area contributed by atoms with Crippen LogP contribution in [0, 0.1) is 11.8 Å². The molecule has 2 aliphatic rings. The number of allylic oxidation sites excluding steroid dienone is 2. The maximum atomic E-state index is 9.18. The van der Waals surface area contributed by atoms with Gasteiger partial charge < -0.3 is 0 Å². The second-order valence-electron chi connectivity index (χ2n) is 20.1. The molecule has 0 spiro atoms. The summed E-state index contributed by atoms with van der Waals surface area (Å²) < 4.78 is 0.00989. The molecule has 0 amide bonds. The standard InChI is InChI=1S/2C28H29.C2H7Si.2ClH.Zr/c2*1-19(2)16-21-17-23-14-15-25(22-10-6-5-7-11-22)28(27(23)18-21)26-13-9-8-12-24(26)20(3)4;1-3-2;;;/h2*5-15,17-20H,16H2,1-4H3;3H,1-2H3;2*1H;/q;;;;;+2/p-2. The van der Waals surface area contributed by atoms with Crippen molar-refractivity contribution in [3.63, 3.8) is 0 Å². The first-order valence-electron chi connectivity index (χ1n) is 23.2. The van der Waals surface area contributed by atoms with Crippen LogP contribution in [0.4, 0.5) is 0 Å². The predicted molar refractivity (Wildman–Crippen MR) is 274 cm³/mol. The average Bonchev–Trinajstić information content (AvgIpc) is 3.81. The molecule has 6 aromatic rings. The van der Waals surface area contributed by atoms with Crippen LogP contribution in [0.2, 0.25) is 13.1 Å². The van der Waals surface area contributed by atoms with Gasteiger partial charge in [-0.05, 0) is 0 Å². The molecule has 0 fully saturated rings. The summed E-state index contributed by atoms with van der Waals surface area (Å²) in [5, 5.41) is 0. The van der Waals surface area contributed by atoms with Crippen LogP contribution in [0.1, 0.15) is 121 Å². The van der Waals surface area contributed by atoms with Crippen molar-refractivity contribution >= 4 is 35.1 Å². The van der Waals surface area contributed by atoms with E-state index in [1.807, 2.05) is 0 Å². The molecule has 0 aliphatic heterocycles. The molecule has 0 nitrogen and oxygen atoms in total. The number of benzene rings is 6. The quantitative estimate of drug-likeness (QED) is 0.101. The first kappa shape index (κ1) is 45.1. The van der Waals surface area contributed by atoms with Gasteiger partial charge >= 0.3 is 385 Å². The second kappa shape index (κ2) is 17.8. The van der Waals surface area contributed by atoms with Gasteiger partial charge in [-0.3, -0.25) is 0 Å². The molecule has 0 radical (unpaired) electrons. The van der Waals surface area contributed by atoms with Gasteiger partial charge in [0.05, 0.1) is 0 Å². The number of hydrogen-bond acceptors (Lipinski definition) is 0. The van der Waals surface area contributed by atoms with Gasteiger partial charge in [0.15, 0.2) is 0 Å². The van der Waals surface area contributed by atoms with Crippen molar-refractivity contribution in [1.29, 1.82) is 0 Å². The molecule has 0 N–H and O–H groups in total. The number of rotatable bonds is 13. The van der Waals surface area contributed by atoms with Crippen LogP contribution in [0.5, 0.6) is 0 Å². The summed E-state index contributed by atoms with van der Waals surface area (Å²) in [4.78, 5) is 0. The SMILES string of the molecule is CC(C)CC1=Cc2c(ccc(-c3ccccc3)c2-c2ccccc2C(C)C)[CH]1[Zr]([Cl])([Cl])([CH]1C(CC(C)C)=Cc2c1ccc(-c1ccccc1)c2-c1ccccc1C(C)C)[SiH](C)C. The minimum atomic E-state index is -5.19. The Morgan fingerprint density at radius 3 is 1.15 bits per heavy atom. The molecule has 0 bridgehead atoms. The van der Waals surface area contributed by atoms with Crippen LogP contribution >= 0.6 is 17.0 Å². The Bertz CT molecular complexity index is 2490. The van der Waals surface area contributed by atoms with Crippen molar-refractivity contribution in [2.45, 2.75) is 100 Å². The number of fused-ring (bicyclic) bond motifs is 2. The zero-order valence-corrected chi connectivity index (χ0v) is 43.7. The van der Waals surface area contributed by atoms with Crippen molar-refractivity contribution in [2.75, 3.05) is 0 Å². The molecule has 4 heteroatoms. The van der Waals surface area contributed by atoms with E-state index >= 15 is 0 Å². The third kappa shape index (κ3) is 7.89. The Morgan fingerprint density at radius 2 is 0.806 bits per heavy atom. The van der Waals surface area contributed by atoms with Crippen molar-refractivity contribution in [1.82, 2.24) is 0 Å². The summed E-state index contributed by atoms with van der Waals surface area (Å²) in [6.07, 6.45) is 7.10. The number of hydrogen-bond donors (Lipinski definition) is 0. The van der Waals surface area contributed by atoms with Crippen molar-refractivity contribution in [3.8, 4) is 44.5 Å². The van der Waals surface area contributed by atoms with Gasteiger partial charge in [0.25, 0.3) is 0 Å².